The third-order valence-electron chi connectivity index (χ3n) is 4.95. The molecule has 0 bridgehead atoms. The van der Waals surface area contributed by atoms with Crippen LogP contribution in [0.25, 0.3) is 21.3 Å². The first-order chi connectivity index (χ1) is 15.3. The second-order valence-electron chi connectivity index (χ2n) is 8.87. The molecule has 0 spiro atoms. The molecule has 0 amide bonds. The van der Waals surface area contributed by atoms with E-state index in [2.05, 4.69) is 9.88 Å². The van der Waals surface area contributed by atoms with Gasteiger partial charge in [0.1, 0.15) is 10.7 Å². The van der Waals surface area contributed by atoms with Crippen molar-refractivity contribution in [2.75, 3.05) is 33.4 Å². The van der Waals surface area contributed by atoms with E-state index in [0.29, 0.717) is 37.5 Å². The van der Waals surface area contributed by atoms with Crippen LogP contribution in [0, 0.1) is 0 Å². The summed E-state index contributed by atoms with van der Waals surface area (Å²) in [7, 11) is 1.67. The van der Waals surface area contributed by atoms with Crippen LogP contribution in [0.5, 0.6) is 0 Å². The fourth-order valence-corrected chi connectivity index (χ4v) is 4.44. The number of aromatic amines is 1. The third-order valence-corrected chi connectivity index (χ3v) is 5.82. The van der Waals surface area contributed by atoms with E-state index in [4.69, 9.17) is 14.5 Å². The highest BCUT2D eigenvalue weighted by atomic mass is 32.1. The van der Waals surface area contributed by atoms with Gasteiger partial charge in [-0.3, -0.25) is 9.69 Å². The van der Waals surface area contributed by atoms with Gasteiger partial charge in [-0.1, -0.05) is 30.3 Å². The number of methoxy groups -OCH3 is 1. The van der Waals surface area contributed by atoms with Crippen LogP contribution in [0.4, 0.5) is 0 Å². The van der Waals surface area contributed by atoms with Crippen LogP contribution in [0.15, 0.2) is 40.5 Å². The molecule has 174 valence electrons. The Hall–Kier alpha value is -2.10. The maximum Gasteiger partial charge on any atom is 0.260 e. The van der Waals surface area contributed by atoms with Crippen molar-refractivity contribution in [3.63, 3.8) is 0 Å². The highest BCUT2D eigenvalue weighted by molar-refractivity contribution is 7.17. The summed E-state index contributed by atoms with van der Waals surface area (Å²) in [6.07, 6.45) is 0.172. The zero-order valence-corrected chi connectivity index (χ0v) is 20.1. The van der Waals surface area contributed by atoms with Crippen LogP contribution in [0.3, 0.4) is 0 Å². The van der Waals surface area contributed by atoms with Crippen molar-refractivity contribution < 1.29 is 14.6 Å². The van der Waals surface area contributed by atoms with Gasteiger partial charge < -0.3 is 19.6 Å². The van der Waals surface area contributed by atoms with Crippen molar-refractivity contribution in [3.05, 3.63) is 51.9 Å². The van der Waals surface area contributed by atoms with Crippen molar-refractivity contribution in [1.82, 2.24) is 14.9 Å². The van der Waals surface area contributed by atoms with Crippen molar-refractivity contribution in [1.29, 1.82) is 0 Å². The first kappa shape index (κ1) is 24.5. The lowest BCUT2D eigenvalue weighted by Crippen LogP contribution is -2.38. The summed E-state index contributed by atoms with van der Waals surface area (Å²) in [4.78, 5) is 23.4. The van der Waals surface area contributed by atoms with E-state index in [1.54, 1.807) is 7.11 Å². The monoisotopic (exact) mass is 459 g/mol. The second-order valence-corrected chi connectivity index (χ2v) is 9.72. The molecule has 0 aliphatic rings. The Morgan fingerprint density at radius 1 is 1.25 bits per heavy atom. The summed E-state index contributed by atoms with van der Waals surface area (Å²) in [5.41, 5.74) is 1.45. The molecule has 3 rings (SSSR count). The van der Waals surface area contributed by atoms with E-state index in [1.807, 2.05) is 56.5 Å². The molecule has 2 aromatic heterocycles. The summed E-state index contributed by atoms with van der Waals surface area (Å²) in [6, 6.07) is 9.86. The second kappa shape index (κ2) is 11.2. The van der Waals surface area contributed by atoms with Crippen molar-refractivity contribution in [2.24, 2.45) is 0 Å². The van der Waals surface area contributed by atoms with Gasteiger partial charge in [0, 0.05) is 37.7 Å². The molecule has 1 aromatic carbocycles. The lowest BCUT2D eigenvalue weighted by atomic mass is 10.1. The molecule has 7 nitrogen and oxygen atoms in total. The normalized spacial score (nSPS) is 13.2. The SMILES string of the molecule is COCCCN(Cc1nc2scc(-c3ccccc3)c2c(=O)[nH]1)CC(O)COC(C)(C)C. The van der Waals surface area contributed by atoms with Gasteiger partial charge in [-0.15, -0.1) is 11.3 Å². The topological polar surface area (TPSA) is 87.7 Å². The van der Waals surface area contributed by atoms with Gasteiger partial charge >= 0.3 is 0 Å². The first-order valence-corrected chi connectivity index (χ1v) is 11.7. The fraction of sp³-hybridized carbons (Fsp3) is 0.500. The summed E-state index contributed by atoms with van der Waals surface area (Å²) >= 11 is 1.47. The van der Waals surface area contributed by atoms with Gasteiger partial charge in [0.2, 0.25) is 0 Å². The van der Waals surface area contributed by atoms with Crippen molar-refractivity contribution >= 4 is 21.6 Å². The Bertz CT molecular complexity index is 1040. The minimum Gasteiger partial charge on any atom is -0.389 e. The molecule has 3 aromatic rings. The quantitative estimate of drug-likeness (QED) is 0.426. The molecular weight excluding hydrogens is 426 g/mol. The number of benzene rings is 1. The Morgan fingerprint density at radius 2 is 2.00 bits per heavy atom. The molecule has 0 aliphatic heterocycles. The predicted molar refractivity (Wildman–Crippen MR) is 129 cm³/mol. The summed E-state index contributed by atoms with van der Waals surface area (Å²) in [5, 5.41) is 13.1. The average Bonchev–Trinajstić information content (AvgIpc) is 3.17. The molecule has 2 N–H and O–H groups in total. The fourth-order valence-electron chi connectivity index (χ4n) is 3.47. The molecule has 32 heavy (non-hydrogen) atoms. The number of hydrogen-bond acceptors (Lipinski definition) is 7. The maximum absolute atomic E-state index is 12.9. The number of aliphatic hydroxyl groups is 1. The number of hydrogen-bond donors (Lipinski definition) is 2. The van der Waals surface area contributed by atoms with Crippen LogP contribution in [-0.4, -0.2) is 65.1 Å². The smallest absolute Gasteiger partial charge is 0.260 e. The number of aliphatic hydroxyl groups excluding tert-OH is 1. The number of aromatic nitrogens is 2. The number of nitrogens with one attached hydrogen (secondary N) is 1. The number of nitrogens with zero attached hydrogens (tertiary/aromatic N) is 2. The predicted octanol–water partition coefficient (Wildman–Crippen LogP) is 3.67. The standard InChI is InChI=1S/C24H33N3O4S/c1-24(2,3)31-15-18(28)13-27(11-8-12-30-4)14-20-25-22(29)21-19(16-32-23(21)26-20)17-9-6-5-7-10-17/h5-7,9-10,16,18,28H,8,11-15H2,1-4H3,(H,25,26,29). The van der Waals surface area contributed by atoms with Crippen LogP contribution in [0.2, 0.25) is 0 Å². The number of rotatable bonds is 11. The van der Waals surface area contributed by atoms with Gasteiger partial charge in [-0.25, -0.2) is 4.98 Å². The number of ether oxygens (including phenoxy) is 2. The highest BCUT2D eigenvalue weighted by Gasteiger charge is 2.19. The first-order valence-electron chi connectivity index (χ1n) is 10.9. The number of thiophene rings is 1. The minimum absolute atomic E-state index is 0.140. The van der Waals surface area contributed by atoms with Crippen LogP contribution in [-0.2, 0) is 16.0 Å². The Labute approximate surface area is 193 Å². The largest absolute Gasteiger partial charge is 0.389 e. The van der Waals surface area contributed by atoms with Gasteiger partial charge in [0.05, 0.1) is 30.2 Å². The van der Waals surface area contributed by atoms with Crippen LogP contribution >= 0.6 is 11.3 Å². The molecule has 8 heteroatoms. The van der Waals surface area contributed by atoms with Crippen LogP contribution < -0.4 is 5.56 Å². The van der Waals surface area contributed by atoms with E-state index in [1.165, 1.54) is 11.3 Å². The third kappa shape index (κ3) is 6.95. The maximum atomic E-state index is 12.9. The van der Waals surface area contributed by atoms with E-state index in [9.17, 15) is 9.90 Å². The molecule has 0 saturated carbocycles. The van der Waals surface area contributed by atoms with Gasteiger partial charge in [0.25, 0.3) is 5.56 Å². The van der Waals surface area contributed by atoms with E-state index >= 15 is 0 Å². The highest BCUT2D eigenvalue weighted by Crippen LogP contribution is 2.30. The zero-order valence-electron chi connectivity index (χ0n) is 19.3. The summed E-state index contributed by atoms with van der Waals surface area (Å²) < 4.78 is 10.9. The lowest BCUT2D eigenvalue weighted by Gasteiger charge is -2.27. The van der Waals surface area contributed by atoms with Gasteiger partial charge in [-0.2, -0.15) is 0 Å². The molecule has 0 fully saturated rings. The van der Waals surface area contributed by atoms with Crippen LogP contribution in [0.1, 0.15) is 33.0 Å². The number of fused-ring (bicyclic) bond motifs is 1. The Kier molecular flexibility index (Phi) is 8.56. The van der Waals surface area contributed by atoms with E-state index in [0.717, 1.165) is 22.4 Å². The minimum atomic E-state index is -0.640. The van der Waals surface area contributed by atoms with Crippen molar-refractivity contribution in [2.45, 2.75) is 45.4 Å². The Morgan fingerprint density at radius 3 is 2.69 bits per heavy atom. The average molecular weight is 460 g/mol. The zero-order chi connectivity index (χ0) is 23.1. The van der Waals surface area contributed by atoms with Gasteiger partial charge in [-0.05, 0) is 32.8 Å². The molecule has 1 unspecified atom stereocenters. The molecule has 0 aliphatic carbocycles. The molecule has 2 heterocycles. The Balaban J connectivity index is 1.77. The number of H-pyrrole nitrogens is 1. The molecule has 0 radical (unpaired) electrons. The summed E-state index contributed by atoms with van der Waals surface area (Å²) in [6.45, 7) is 8.32. The van der Waals surface area contributed by atoms with E-state index in [-0.39, 0.29) is 17.8 Å². The van der Waals surface area contributed by atoms with E-state index < -0.39 is 6.10 Å². The molecule has 0 saturated heterocycles. The lowest BCUT2D eigenvalue weighted by molar-refractivity contribution is -0.0571. The summed E-state index contributed by atoms with van der Waals surface area (Å²) in [5.74, 6) is 0.588. The van der Waals surface area contributed by atoms with Crippen molar-refractivity contribution in [3.8, 4) is 11.1 Å². The molecular formula is C24H33N3O4S. The molecule has 1 atom stereocenters. The van der Waals surface area contributed by atoms with Gasteiger partial charge in [0.15, 0.2) is 0 Å².